The van der Waals surface area contributed by atoms with Crippen molar-refractivity contribution in [2.24, 2.45) is 7.05 Å². The average Bonchev–Trinajstić information content (AvgIpc) is 2.72. The number of halogens is 1. The Hall–Kier alpha value is -2.41. The van der Waals surface area contributed by atoms with Crippen LogP contribution in [0.1, 0.15) is 21.7 Å². The minimum atomic E-state index is -0.372. The molecular weight excluding hydrogens is 231 g/mol. The van der Waals surface area contributed by atoms with Crippen LogP contribution in [0, 0.1) is 17.1 Å². The molecule has 0 N–H and O–H groups in total. The van der Waals surface area contributed by atoms with Crippen molar-refractivity contribution in [3.8, 4) is 6.07 Å². The first kappa shape index (κ1) is 12.1. The Morgan fingerprint density at radius 3 is 2.56 bits per heavy atom. The van der Waals surface area contributed by atoms with Gasteiger partial charge in [-0.25, -0.2) is 4.39 Å². The first-order chi connectivity index (χ1) is 8.63. The molecule has 3 nitrogen and oxygen atoms in total. The summed E-state index contributed by atoms with van der Waals surface area (Å²) in [6, 6.07) is 10.9. The van der Waals surface area contributed by atoms with E-state index in [9.17, 15) is 9.18 Å². The van der Waals surface area contributed by atoms with Crippen molar-refractivity contribution in [1.82, 2.24) is 4.57 Å². The molecule has 0 atom stereocenters. The molecule has 18 heavy (non-hydrogen) atoms. The van der Waals surface area contributed by atoms with E-state index in [0.29, 0.717) is 11.3 Å². The monoisotopic (exact) mass is 242 g/mol. The molecule has 90 valence electrons. The van der Waals surface area contributed by atoms with Crippen LogP contribution in [0.5, 0.6) is 0 Å². The number of carbonyl (C=O) groups excluding carboxylic acids is 1. The predicted octanol–water partition coefficient (Wildman–Crippen LogP) is 2.46. The van der Waals surface area contributed by atoms with E-state index in [1.165, 1.54) is 24.3 Å². The summed E-state index contributed by atoms with van der Waals surface area (Å²) in [5.74, 6) is -0.551. The van der Waals surface area contributed by atoms with Crippen LogP contribution < -0.4 is 0 Å². The molecule has 2 aromatic rings. The fourth-order valence-corrected chi connectivity index (χ4v) is 1.79. The summed E-state index contributed by atoms with van der Waals surface area (Å²) in [4.78, 5) is 12.2. The molecular formula is C14H11FN2O. The molecule has 0 saturated carbocycles. The number of hydrogen-bond acceptors (Lipinski definition) is 2. The molecule has 4 heteroatoms. The molecule has 0 bridgehead atoms. The molecule has 0 aliphatic rings. The van der Waals surface area contributed by atoms with Crippen LogP contribution in [0.25, 0.3) is 0 Å². The first-order valence-corrected chi connectivity index (χ1v) is 5.45. The van der Waals surface area contributed by atoms with Crippen molar-refractivity contribution in [1.29, 1.82) is 5.26 Å². The van der Waals surface area contributed by atoms with Gasteiger partial charge in [0, 0.05) is 18.3 Å². The van der Waals surface area contributed by atoms with E-state index in [4.69, 9.17) is 5.26 Å². The van der Waals surface area contributed by atoms with Gasteiger partial charge in [0.15, 0.2) is 0 Å². The molecule has 0 aliphatic heterocycles. The maximum Gasteiger partial charge on any atom is 0.209 e. The highest BCUT2D eigenvalue weighted by Crippen LogP contribution is 2.14. The zero-order chi connectivity index (χ0) is 13.1. The van der Waals surface area contributed by atoms with Gasteiger partial charge in [-0.2, -0.15) is 5.26 Å². The zero-order valence-electron chi connectivity index (χ0n) is 9.85. The SMILES string of the molecule is Cn1c(CC#N)ccc1C(=O)c1ccc(F)cc1. The third-order valence-corrected chi connectivity index (χ3v) is 2.82. The largest absolute Gasteiger partial charge is 0.344 e. The smallest absolute Gasteiger partial charge is 0.209 e. The standard InChI is InChI=1S/C14H11FN2O/c1-17-12(8-9-16)6-7-13(17)14(18)10-2-4-11(15)5-3-10/h2-7H,8H2,1H3. The van der Waals surface area contributed by atoms with E-state index in [-0.39, 0.29) is 18.0 Å². The van der Waals surface area contributed by atoms with E-state index in [2.05, 4.69) is 0 Å². The van der Waals surface area contributed by atoms with Gasteiger partial charge in [-0.15, -0.1) is 0 Å². The van der Waals surface area contributed by atoms with Crippen LogP contribution in [0.15, 0.2) is 36.4 Å². The Morgan fingerprint density at radius 1 is 1.28 bits per heavy atom. The summed E-state index contributed by atoms with van der Waals surface area (Å²) in [6.07, 6.45) is 0.257. The quantitative estimate of drug-likeness (QED) is 0.776. The summed E-state index contributed by atoms with van der Waals surface area (Å²) in [7, 11) is 1.74. The fourth-order valence-electron chi connectivity index (χ4n) is 1.79. The van der Waals surface area contributed by atoms with Crippen molar-refractivity contribution < 1.29 is 9.18 Å². The van der Waals surface area contributed by atoms with Crippen molar-refractivity contribution in [3.63, 3.8) is 0 Å². The summed E-state index contributed by atoms with van der Waals surface area (Å²) in [5.41, 5.74) is 1.70. The molecule has 0 fully saturated rings. The average molecular weight is 242 g/mol. The Balaban J connectivity index is 2.35. The van der Waals surface area contributed by atoms with Gasteiger partial charge >= 0.3 is 0 Å². The van der Waals surface area contributed by atoms with Crippen LogP contribution in [0.3, 0.4) is 0 Å². The number of nitriles is 1. The molecule has 0 amide bonds. The van der Waals surface area contributed by atoms with Crippen molar-refractivity contribution in [2.45, 2.75) is 6.42 Å². The highest BCUT2D eigenvalue weighted by molar-refractivity contribution is 6.08. The summed E-state index contributed by atoms with van der Waals surface area (Å²) in [6.45, 7) is 0. The number of nitrogens with zero attached hydrogens (tertiary/aromatic N) is 2. The lowest BCUT2D eigenvalue weighted by molar-refractivity contribution is 0.103. The van der Waals surface area contributed by atoms with Crippen LogP contribution >= 0.6 is 0 Å². The second kappa shape index (κ2) is 4.84. The van der Waals surface area contributed by atoms with E-state index in [1.54, 1.807) is 23.7 Å². The Kier molecular flexibility index (Phi) is 3.24. The topological polar surface area (TPSA) is 45.8 Å². The minimum absolute atomic E-state index is 0.179. The second-order valence-corrected chi connectivity index (χ2v) is 3.94. The molecule has 1 heterocycles. The summed E-state index contributed by atoms with van der Waals surface area (Å²) < 4.78 is 14.5. The van der Waals surface area contributed by atoms with Gasteiger partial charge in [0.05, 0.1) is 18.2 Å². The summed E-state index contributed by atoms with van der Waals surface area (Å²) >= 11 is 0. The van der Waals surface area contributed by atoms with Crippen molar-refractivity contribution >= 4 is 5.78 Å². The number of rotatable bonds is 3. The maximum absolute atomic E-state index is 12.8. The van der Waals surface area contributed by atoms with E-state index < -0.39 is 0 Å². The molecule has 1 aromatic carbocycles. The van der Waals surface area contributed by atoms with Gasteiger partial charge in [0.25, 0.3) is 0 Å². The molecule has 0 spiro atoms. The maximum atomic E-state index is 12.8. The number of ketones is 1. The number of hydrogen-bond donors (Lipinski definition) is 0. The molecule has 0 aliphatic carbocycles. The molecule has 0 radical (unpaired) electrons. The normalized spacial score (nSPS) is 10.1. The third kappa shape index (κ3) is 2.16. The number of carbonyl (C=O) groups is 1. The Morgan fingerprint density at radius 2 is 1.94 bits per heavy atom. The van der Waals surface area contributed by atoms with Gasteiger partial charge in [0.1, 0.15) is 5.82 Å². The highest BCUT2D eigenvalue weighted by atomic mass is 19.1. The number of benzene rings is 1. The van der Waals surface area contributed by atoms with Crippen molar-refractivity contribution in [3.05, 3.63) is 59.2 Å². The second-order valence-electron chi connectivity index (χ2n) is 3.94. The van der Waals surface area contributed by atoms with Gasteiger partial charge < -0.3 is 4.57 Å². The van der Waals surface area contributed by atoms with E-state index in [1.807, 2.05) is 6.07 Å². The lowest BCUT2D eigenvalue weighted by Crippen LogP contribution is -2.09. The van der Waals surface area contributed by atoms with Crippen LogP contribution in [-0.2, 0) is 13.5 Å². The molecule has 1 aromatic heterocycles. The summed E-state index contributed by atoms with van der Waals surface area (Å²) in [5, 5.41) is 8.65. The molecule has 0 unspecified atom stereocenters. The molecule has 0 saturated heterocycles. The van der Waals surface area contributed by atoms with Gasteiger partial charge in [-0.05, 0) is 36.4 Å². The lowest BCUT2D eigenvalue weighted by Gasteiger charge is -2.05. The third-order valence-electron chi connectivity index (χ3n) is 2.82. The Bertz CT molecular complexity index is 620. The van der Waals surface area contributed by atoms with Crippen LogP contribution in [0.2, 0.25) is 0 Å². The number of aromatic nitrogens is 1. The first-order valence-electron chi connectivity index (χ1n) is 5.45. The van der Waals surface area contributed by atoms with E-state index >= 15 is 0 Å². The minimum Gasteiger partial charge on any atom is -0.344 e. The van der Waals surface area contributed by atoms with Gasteiger partial charge in [-0.3, -0.25) is 4.79 Å². The fraction of sp³-hybridized carbons (Fsp3) is 0.143. The van der Waals surface area contributed by atoms with Crippen LogP contribution in [-0.4, -0.2) is 10.4 Å². The van der Waals surface area contributed by atoms with Gasteiger partial charge in [0.2, 0.25) is 5.78 Å². The van der Waals surface area contributed by atoms with Crippen LogP contribution in [0.4, 0.5) is 4.39 Å². The zero-order valence-corrected chi connectivity index (χ0v) is 9.85. The highest BCUT2D eigenvalue weighted by Gasteiger charge is 2.14. The van der Waals surface area contributed by atoms with E-state index in [0.717, 1.165) is 5.69 Å². The molecule has 2 rings (SSSR count). The van der Waals surface area contributed by atoms with Gasteiger partial charge in [-0.1, -0.05) is 0 Å². The predicted molar refractivity (Wildman–Crippen MR) is 64.6 cm³/mol. The Labute approximate surface area is 104 Å². The lowest BCUT2D eigenvalue weighted by atomic mass is 10.1. The van der Waals surface area contributed by atoms with Crippen molar-refractivity contribution in [2.75, 3.05) is 0 Å².